The SMILES string of the molecule is CC(NC(C)C1CCC1)c1ccc(Cl)c(Cl)c1. The summed E-state index contributed by atoms with van der Waals surface area (Å²) in [7, 11) is 0. The van der Waals surface area contributed by atoms with Gasteiger partial charge in [-0.05, 0) is 50.3 Å². The molecule has 0 aliphatic heterocycles. The van der Waals surface area contributed by atoms with Gasteiger partial charge in [-0.2, -0.15) is 0 Å². The highest BCUT2D eigenvalue weighted by Crippen LogP contribution is 2.31. The lowest BCUT2D eigenvalue weighted by atomic mass is 9.80. The van der Waals surface area contributed by atoms with Crippen molar-refractivity contribution in [1.82, 2.24) is 5.32 Å². The number of hydrogen-bond acceptors (Lipinski definition) is 1. The molecule has 0 aromatic heterocycles. The second-order valence-electron chi connectivity index (χ2n) is 5.04. The Bertz CT molecular complexity index is 388. The van der Waals surface area contributed by atoms with Crippen molar-refractivity contribution in [2.75, 3.05) is 0 Å². The van der Waals surface area contributed by atoms with Gasteiger partial charge in [0.25, 0.3) is 0 Å². The lowest BCUT2D eigenvalue weighted by Gasteiger charge is -2.34. The van der Waals surface area contributed by atoms with Gasteiger partial charge < -0.3 is 5.32 Å². The van der Waals surface area contributed by atoms with Crippen LogP contribution in [0.1, 0.15) is 44.7 Å². The first-order chi connectivity index (χ1) is 8.08. The first-order valence-corrected chi connectivity index (χ1v) is 7.04. The minimum Gasteiger partial charge on any atom is -0.307 e. The summed E-state index contributed by atoms with van der Waals surface area (Å²) in [6, 6.07) is 6.76. The fourth-order valence-corrected chi connectivity index (χ4v) is 2.65. The van der Waals surface area contributed by atoms with E-state index in [4.69, 9.17) is 23.2 Å². The maximum Gasteiger partial charge on any atom is 0.0595 e. The molecule has 0 radical (unpaired) electrons. The van der Waals surface area contributed by atoms with Gasteiger partial charge in [0.2, 0.25) is 0 Å². The normalized spacial score (nSPS) is 19.8. The molecule has 94 valence electrons. The Morgan fingerprint density at radius 1 is 1.18 bits per heavy atom. The maximum atomic E-state index is 6.04. The van der Waals surface area contributed by atoms with Gasteiger partial charge in [0.05, 0.1) is 10.0 Å². The molecule has 1 N–H and O–H groups in total. The molecule has 0 bridgehead atoms. The van der Waals surface area contributed by atoms with E-state index in [-0.39, 0.29) is 0 Å². The summed E-state index contributed by atoms with van der Waals surface area (Å²) in [5, 5.41) is 4.90. The fourth-order valence-electron chi connectivity index (χ4n) is 2.35. The van der Waals surface area contributed by atoms with Crippen LogP contribution in [0.3, 0.4) is 0 Å². The van der Waals surface area contributed by atoms with Crippen LogP contribution in [0.2, 0.25) is 10.0 Å². The van der Waals surface area contributed by atoms with Crippen molar-refractivity contribution >= 4 is 23.2 Å². The number of rotatable bonds is 4. The van der Waals surface area contributed by atoms with Crippen molar-refractivity contribution < 1.29 is 0 Å². The van der Waals surface area contributed by atoms with Gasteiger partial charge in [-0.15, -0.1) is 0 Å². The number of hydrogen-bond donors (Lipinski definition) is 1. The molecule has 1 saturated carbocycles. The van der Waals surface area contributed by atoms with Crippen molar-refractivity contribution in [3.8, 4) is 0 Å². The maximum absolute atomic E-state index is 6.04. The lowest BCUT2D eigenvalue weighted by Crippen LogP contribution is -2.38. The molecule has 1 aromatic carbocycles. The monoisotopic (exact) mass is 271 g/mol. The van der Waals surface area contributed by atoms with E-state index in [1.54, 1.807) is 0 Å². The largest absolute Gasteiger partial charge is 0.307 e. The molecule has 1 aliphatic carbocycles. The Kier molecular flexibility index (Phi) is 4.35. The number of benzene rings is 1. The highest BCUT2D eigenvalue weighted by atomic mass is 35.5. The summed E-state index contributed by atoms with van der Waals surface area (Å²) in [6.07, 6.45) is 4.11. The van der Waals surface area contributed by atoms with Crippen molar-refractivity contribution in [3.63, 3.8) is 0 Å². The molecule has 1 aromatic rings. The minimum absolute atomic E-state index is 0.320. The smallest absolute Gasteiger partial charge is 0.0595 e. The van der Waals surface area contributed by atoms with E-state index >= 15 is 0 Å². The first-order valence-electron chi connectivity index (χ1n) is 6.29. The average Bonchev–Trinajstić information content (AvgIpc) is 2.19. The van der Waals surface area contributed by atoms with E-state index < -0.39 is 0 Å². The van der Waals surface area contributed by atoms with Gasteiger partial charge in [0.15, 0.2) is 0 Å². The summed E-state index contributed by atoms with van der Waals surface area (Å²) >= 11 is 12.0. The third-order valence-electron chi connectivity index (χ3n) is 3.81. The lowest BCUT2D eigenvalue weighted by molar-refractivity contribution is 0.230. The molecule has 3 heteroatoms. The predicted molar refractivity (Wildman–Crippen MR) is 74.8 cm³/mol. The van der Waals surface area contributed by atoms with Gasteiger partial charge in [-0.3, -0.25) is 0 Å². The standard InChI is InChI=1S/C14H19Cl2N/c1-9(11-4-3-5-11)17-10(2)12-6-7-13(15)14(16)8-12/h6-11,17H,3-5H2,1-2H3. The van der Waals surface area contributed by atoms with Crippen LogP contribution in [-0.4, -0.2) is 6.04 Å². The van der Waals surface area contributed by atoms with Gasteiger partial charge >= 0.3 is 0 Å². The predicted octanol–water partition coefficient (Wildman–Crippen LogP) is 4.83. The molecule has 0 spiro atoms. The van der Waals surface area contributed by atoms with Crippen molar-refractivity contribution in [3.05, 3.63) is 33.8 Å². The van der Waals surface area contributed by atoms with Crippen LogP contribution in [0.15, 0.2) is 18.2 Å². The zero-order chi connectivity index (χ0) is 12.4. The summed E-state index contributed by atoms with van der Waals surface area (Å²) in [4.78, 5) is 0. The Morgan fingerprint density at radius 2 is 1.88 bits per heavy atom. The number of nitrogens with one attached hydrogen (secondary N) is 1. The Morgan fingerprint density at radius 3 is 2.41 bits per heavy atom. The second-order valence-corrected chi connectivity index (χ2v) is 5.86. The summed E-state index contributed by atoms with van der Waals surface area (Å²) < 4.78 is 0. The molecule has 0 saturated heterocycles. The molecular weight excluding hydrogens is 253 g/mol. The number of halogens is 2. The molecule has 0 heterocycles. The van der Waals surface area contributed by atoms with Crippen LogP contribution >= 0.6 is 23.2 Å². The highest BCUT2D eigenvalue weighted by Gasteiger charge is 2.24. The highest BCUT2D eigenvalue weighted by molar-refractivity contribution is 6.42. The zero-order valence-corrected chi connectivity index (χ0v) is 11.9. The second kappa shape index (κ2) is 5.60. The molecule has 1 fully saturated rings. The first kappa shape index (κ1) is 13.2. The van der Waals surface area contributed by atoms with Gasteiger partial charge in [-0.1, -0.05) is 35.7 Å². The summed E-state index contributed by atoms with van der Waals surface area (Å²) in [5.41, 5.74) is 1.20. The van der Waals surface area contributed by atoms with E-state index in [1.165, 1.54) is 24.8 Å². The van der Waals surface area contributed by atoms with Crippen molar-refractivity contribution in [2.45, 2.75) is 45.2 Å². The topological polar surface area (TPSA) is 12.0 Å². The van der Waals surface area contributed by atoms with E-state index in [2.05, 4.69) is 19.2 Å². The van der Waals surface area contributed by atoms with Crippen LogP contribution in [0, 0.1) is 5.92 Å². The van der Waals surface area contributed by atoms with Crippen LogP contribution in [0.4, 0.5) is 0 Å². The van der Waals surface area contributed by atoms with Gasteiger partial charge in [0, 0.05) is 12.1 Å². The van der Waals surface area contributed by atoms with Gasteiger partial charge in [-0.25, -0.2) is 0 Å². The molecule has 17 heavy (non-hydrogen) atoms. The van der Waals surface area contributed by atoms with Crippen molar-refractivity contribution in [2.24, 2.45) is 5.92 Å². The van der Waals surface area contributed by atoms with Crippen LogP contribution in [0.25, 0.3) is 0 Å². The van der Waals surface area contributed by atoms with Crippen LogP contribution in [0.5, 0.6) is 0 Å². The van der Waals surface area contributed by atoms with E-state index in [0.717, 1.165) is 5.92 Å². The van der Waals surface area contributed by atoms with Crippen LogP contribution < -0.4 is 5.32 Å². The van der Waals surface area contributed by atoms with E-state index in [9.17, 15) is 0 Å². The Labute approximate surface area is 114 Å². The molecule has 1 aliphatic rings. The molecule has 1 nitrogen and oxygen atoms in total. The fraction of sp³-hybridized carbons (Fsp3) is 0.571. The molecule has 2 unspecified atom stereocenters. The Balaban J connectivity index is 1.98. The minimum atomic E-state index is 0.320. The molecular formula is C14H19Cl2N. The third kappa shape index (κ3) is 3.15. The quantitative estimate of drug-likeness (QED) is 0.827. The summed E-state index contributed by atoms with van der Waals surface area (Å²) in [5.74, 6) is 0.847. The molecule has 0 amide bonds. The molecule has 2 atom stereocenters. The molecule has 2 rings (SSSR count). The van der Waals surface area contributed by atoms with Crippen LogP contribution in [-0.2, 0) is 0 Å². The zero-order valence-electron chi connectivity index (χ0n) is 10.3. The summed E-state index contributed by atoms with van der Waals surface area (Å²) in [6.45, 7) is 4.45. The Hall–Kier alpha value is -0.240. The third-order valence-corrected chi connectivity index (χ3v) is 4.55. The average molecular weight is 272 g/mol. The van der Waals surface area contributed by atoms with E-state index in [1.807, 2.05) is 18.2 Å². The van der Waals surface area contributed by atoms with Gasteiger partial charge in [0.1, 0.15) is 0 Å². The van der Waals surface area contributed by atoms with Crippen molar-refractivity contribution in [1.29, 1.82) is 0 Å². The van der Waals surface area contributed by atoms with E-state index in [0.29, 0.717) is 22.1 Å².